The van der Waals surface area contributed by atoms with E-state index in [1.165, 1.54) is 72.8 Å². The average Bonchev–Trinajstić information content (AvgIpc) is 1.35. The van der Waals surface area contributed by atoms with Gasteiger partial charge < -0.3 is 96.3 Å². The zero-order valence-corrected chi connectivity index (χ0v) is 55.7. The van der Waals surface area contributed by atoms with Gasteiger partial charge in [-0.25, -0.2) is 9.59 Å². The molecule has 7 aliphatic heterocycles. The van der Waals surface area contributed by atoms with Crippen LogP contribution in [0.4, 0.5) is 4.79 Å². The fourth-order valence-electron chi connectivity index (χ4n) is 12.8. The molecule has 15 rings (SSSR count). The molecule has 0 aliphatic carbocycles. The van der Waals surface area contributed by atoms with Gasteiger partial charge in [0.1, 0.15) is 95.8 Å². The van der Waals surface area contributed by atoms with Crippen LogP contribution < -0.4 is 56.2 Å². The number of halogens is 2. The third kappa shape index (κ3) is 14.9. The summed E-state index contributed by atoms with van der Waals surface area (Å²) in [6.07, 6.45) is -1.72. The molecule has 13 N–H and O–H groups in total. The predicted octanol–water partition coefficient (Wildman–Crippen LogP) is 7.81. The van der Waals surface area contributed by atoms with Crippen molar-refractivity contribution in [1.82, 2.24) is 42.1 Å². The van der Waals surface area contributed by atoms with Crippen LogP contribution in [-0.4, -0.2) is 128 Å². The van der Waals surface area contributed by atoms with Gasteiger partial charge in [-0.05, 0) is 144 Å². The van der Waals surface area contributed by atoms with Crippen LogP contribution in [0.25, 0.3) is 11.1 Å². The number of carbonyl (C=O) groups excluding carboxylic acids is 8. The Balaban J connectivity index is 1.01. The lowest BCUT2D eigenvalue weighted by atomic mass is 9.89. The Morgan fingerprint density at radius 3 is 1.88 bits per heavy atom. The zero-order valence-electron chi connectivity index (χ0n) is 54.2. The molecule has 7 aliphatic rings. The molecule has 7 heterocycles. The Morgan fingerprint density at radius 2 is 1.18 bits per heavy atom. The van der Waals surface area contributed by atoms with E-state index in [0.717, 1.165) is 75.5 Å². The average molecular weight is 1440 g/mol. The second kappa shape index (κ2) is 29.3. The molecule has 0 radical (unpaired) electrons. The maximum Gasteiger partial charge on any atom is 0.408 e. The fourth-order valence-corrected chi connectivity index (χ4v) is 13.2. The summed E-state index contributed by atoms with van der Waals surface area (Å²) >= 11 is 14.3. The number of hydrogen-bond donors (Lipinski definition) is 13. The molecular formula is C73H64Cl2N8O20. The van der Waals surface area contributed by atoms with Crippen LogP contribution in [0.3, 0.4) is 0 Å². The number of methoxy groups -OCH3 is 1. The van der Waals surface area contributed by atoms with Crippen molar-refractivity contribution < 1.29 is 97.4 Å². The summed E-state index contributed by atoms with van der Waals surface area (Å²) in [6.45, 7) is 1.69. The molecule has 0 aromatic heterocycles. The highest BCUT2D eigenvalue weighted by atomic mass is 35.5. The third-order valence-corrected chi connectivity index (χ3v) is 18.5. The summed E-state index contributed by atoms with van der Waals surface area (Å²) in [5, 5.41) is 87.5. The lowest BCUT2D eigenvalue weighted by Gasteiger charge is -2.31. The van der Waals surface area contributed by atoms with E-state index in [1.54, 1.807) is 30.3 Å². The molecule has 7 amide bonds. The highest BCUT2D eigenvalue weighted by Gasteiger charge is 2.42. The Hall–Kier alpha value is -12.0. The number of esters is 1. The van der Waals surface area contributed by atoms with Crippen molar-refractivity contribution in [2.75, 3.05) is 33.4 Å². The van der Waals surface area contributed by atoms with Crippen molar-refractivity contribution in [3.05, 3.63) is 200 Å². The van der Waals surface area contributed by atoms with Gasteiger partial charge in [-0.1, -0.05) is 77.8 Å². The largest absolute Gasteiger partial charge is 0.508 e. The van der Waals surface area contributed by atoms with E-state index in [0.29, 0.717) is 17.7 Å². The summed E-state index contributed by atoms with van der Waals surface area (Å²) < 4.78 is 36.8. The molecule has 28 nitrogen and oxygen atoms in total. The minimum Gasteiger partial charge on any atom is -0.508 e. The molecule has 0 spiro atoms. The van der Waals surface area contributed by atoms with Crippen LogP contribution in [0.5, 0.6) is 69.0 Å². The number of aliphatic hydroxyl groups is 1. The van der Waals surface area contributed by atoms with Crippen molar-refractivity contribution in [2.24, 2.45) is 0 Å². The highest BCUT2D eigenvalue weighted by molar-refractivity contribution is 6.32. The van der Waals surface area contributed by atoms with Gasteiger partial charge >= 0.3 is 12.1 Å². The van der Waals surface area contributed by atoms with Crippen molar-refractivity contribution in [2.45, 2.75) is 74.3 Å². The van der Waals surface area contributed by atoms with E-state index in [-0.39, 0.29) is 102 Å². The molecular weight excluding hydrogens is 1380 g/mol. The standard InChI is InChI=1S/C73H64Cl2N8O20/c1-98-72(96)62-45-31-42(85)32-51(88)57(45)44-25-36(10-13-49(44)86)58-68(92)81-63(71(95)80-62)64(89)38-12-16-53(47(75)26-38)103-56-29-40-28-55(65(56)99-20-19-83-17-5-6-18-83)102-52-15-9-35(21-46(52)74)22-48-66(90)77-60(69(93)79-61(40)70(94)78-58)39-23-41(84)30-43(24-39)101-54-27-37(11-14-50(54)87)59(67(91)76-48)82-73(97)100-33-34-7-3-2-4-8-34/h2-4,7-16,21,23-32,48,58-64,84-89H,5-6,17-20,22,33H2,1H3,(H,76,91)(H,77,90)(H,78,94)(H,79,93)(H,80,95)(H,81,92)(H,82,97)/t48-,58-,59+,60+,61-,62-,63+,64-/m1/s1. The molecule has 30 heteroatoms. The second-order valence-electron chi connectivity index (χ2n) is 24.8. The van der Waals surface area contributed by atoms with Gasteiger partial charge in [-0.15, -0.1) is 0 Å². The first-order valence-electron chi connectivity index (χ1n) is 32.3. The number of nitrogens with one attached hydrogen (secondary N) is 7. The molecule has 17 bridgehead atoms. The van der Waals surface area contributed by atoms with Crippen molar-refractivity contribution in [1.29, 1.82) is 0 Å². The number of phenolic OH excluding ortho intramolecular Hbond substituents is 5. The number of carbonyl (C=O) groups is 8. The number of likely N-dealkylation sites (tertiary alicyclic amines) is 1. The van der Waals surface area contributed by atoms with E-state index in [2.05, 4.69) is 42.1 Å². The molecule has 1 saturated heterocycles. The second-order valence-corrected chi connectivity index (χ2v) is 25.6. The number of benzene rings is 8. The summed E-state index contributed by atoms with van der Waals surface area (Å²) in [5.41, 5.74) is -1.06. The topological polar surface area (TPSA) is 401 Å². The van der Waals surface area contributed by atoms with Crippen LogP contribution in [0.2, 0.25) is 10.0 Å². The van der Waals surface area contributed by atoms with E-state index < -0.39 is 137 Å². The number of hydrogen-bond acceptors (Lipinski definition) is 21. The van der Waals surface area contributed by atoms with Gasteiger partial charge in [0.15, 0.2) is 29.0 Å². The van der Waals surface area contributed by atoms with Gasteiger partial charge in [0.25, 0.3) is 0 Å². The Labute approximate surface area is 595 Å². The first-order chi connectivity index (χ1) is 49.5. The minimum atomic E-state index is -2.15. The fraction of sp³-hybridized carbons (Fsp3) is 0.233. The lowest BCUT2D eigenvalue weighted by molar-refractivity contribution is -0.146. The Morgan fingerprint density at radius 1 is 0.563 bits per heavy atom. The van der Waals surface area contributed by atoms with Crippen LogP contribution >= 0.6 is 23.2 Å². The van der Waals surface area contributed by atoms with Crippen LogP contribution in [0, 0.1) is 0 Å². The van der Waals surface area contributed by atoms with Crippen molar-refractivity contribution in [3.63, 3.8) is 0 Å². The van der Waals surface area contributed by atoms with E-state index >= 15 is 28.8 Å². The first kappa shape index (κ1) is 69.5. The van der Waals surface area contributed by atoms with Crippen LogP contribution in [0.15, 0.2) is 146 Å². The van der Waals surface area contributed by atoms with Gasteiger partial charge in [0.05, 0.1) is 17.2 Å². The summed E-state index contributed by atoms with van der Waals surface area (Å²) in [7, 11) is 0.978. The molecule has 1 fully saturated rings. The van der Waals surface area contributed by atoms with Gasteiger partial charge in [0.2, 0.25) is 41.2 Å². The van der Waals surface area contributed by atoms with Gasteiger partial charge in [-0.3, -0.25) is 33.7 Å². The smallest absolute Gasteiger partial charge is 0.408 e. The minimum absolute atomic E-state index is 0.00159. The number of aliphatic hydroxyl groups excluding tert-OH is 1. The first-order valence-corrected chi connectivity index (χ1v) is 33.0. The SMILES string of the molecule is COC(=O)[C@@H]1NC(=O)[C@H]2NC(=O)[C@H](NC(=O)[C@@H]3NC(=O)[C@H]4NC(=O)[C@@H](Cc5ccc(c(Cl)c5)Oc5cc3cc(c5OCCN3CCCC3)Oc3ccc(cc3Cl)[C@H]2O)NC(=O)[C@@H](NC(=O)OCc2ccccc2)c2ccc(O)c(c2)Oc2cc(O)cc4c2)c2ccc(O)c(c2)-c2c(O)cc(O)cc21. The number of phenols is 5. The number of rotatable bonds is 8. The van der Waals surface area contributed by atoms with E-state index in [9.17, 15) is 40.2 Å². The zero-order chi connectivity index (χ0) is 72.5. The van der Waals surface area contributed by atoms with E-state index in [1.807, 2.05) is 0 Å². The Kier molecular flexibility index (Phi) is 19.8. The monoisotopic (exact) mass is 1440 g/mol. The number of ether oxygens (including phenoxy) is 6. The molecule has 8 aromatic carbocycles. The molecule has 0 saturated carbocycles. The van der Waals surface area contributed by atoms with Crippen molar-refractivity contribution >= 4 is 70.7 Å². The van der Waals surface area contributed by atoms with Crippen LogP contribution in [0.1, 0.15) is 93.7 Å². The highest BCUT2D eigenvalue weighted by Crippen LogP contribution is 2.49. The van der Waals surface area contributed by atoms with Crippen LogP contribution in [-0.2, 0) is 56.1 Å². The summed E-state index contributed by atoms with van der Waals surface area (Å²) in [4.78, 5) is 123. The summed E-state index contributed by atoms with van der Waals surface area (Å²) in [6, 6.07) is 18.0. The van der Waals surface area contributed by atoms with E-state index in [4.69, 9.17) is 51.6 Å². The predicted molar refractivity (Wildman–Crippen MR) is 364 cm³/mol. The van der Waals surface area contributed by atoms with Crippen molar-refractivity contribution in [3.8, 4) is 80.1 Å². The number of aromatic hydroxyl groups is 5. The third-order valence-electron chi connectivity index (χ3n) is 17.9. The maximum absolute atomic E-state index is 16.2. The van der Waals surface area contributed by atoms with Gasteiger partial charge in [0, 0.05) is 41.8 Å². The normalized spacial score (nSPS) is 21.0. The number of nitrogens with zero attached hydrogens (tertiary/aromatic N) is 1. The number of fused-ring (bicyclic) bond motifs is 14. The maximum atomic E-state index is 16.2. The van der Waals surface area contributed by atoms with Gasteiger partial charge in [-0.2, -0.15) is 0 Å². The lowest BCUT2D eigenvalue weighted by Crippen LogP contribution is -2.55. The number of alkyl carbamates (subject to hydrolysis) is 1. The molecule has 8 aromatic rings. The molecule has 103 heavy (non-hydrogen) atoms. The Bertz CT molecular complexity index is 4750. The molecule has 530 valence electrons. The molecule has 8 atom stereocenters. The molecule has 0 unspecified atom stereocenters. The quantitative estimate of drug-likeness (QED) is 0.0645. The number of amides is 7. The summed E-state index contributed by atoms with van der Waals surface area (Å²) in [5.74, 6) is -12.9.